The van der Waals surface area contributed by atoms with Gasteiger partial charge in [-0.3, -0.25) is 4.79 Å². The highest BCUT2D eigenvalue weighted by Gasteiger charge is 2.29. The van der Waals surface area contributed by atoms with E-state index in [1.54, 1.807) is 4.31 Å². The van der Waals surface area contributed by atoms with E-state index >= 15 is 0 Å². The van der Waals surface area contributed by atoms with Gasteiger partial charge in [0.15, 0.2) is 0 Å². The molecule has 0 aromatic heterocycles. The van der Waals surface area contributed by atoms with Crippen molar-refractivity contribution in [2.75, 3.05) is 30.8 Å². The number of ether oxygens (including phenoxy) is 1. The van der Waals surface area contributed by atoms with E-state index in [1.165, 1.54) is 0 Å². The van der Waals surface area contributed by atoms with Crippen LogP contribution >= 0.6 is 0 Å². The van der Waals surface area contributed by atoms with Gasteiger partial charge in [0, 0.05) is 37.4 Å². The summed E-state index contributed by atoms with van der Waals surface area (Å²) in [6.07, 6.45) is 2.23. The van der Waals surface area contributed by atoms with E-state index < -0.39 is 10.0 Å². The van der Waals surface area contributed by atoms with Crippen LogP contribution in [0.3, 0.4) is 0 Å². The lowest BCUT2D eigenvalue weighted by atomic mass is 10.0. The summed E-state index contributed by atoms with van der Waals surface area (Å²) >= 11 is 0. The number of anilines is 1. The third-order valence-corrected chi connectivity index (χ3v) is 6.58. The molecule has 0 bridgehead atoms. The first kappa shape index (κ1) is 18.7. The lowest BCUT2D eigenvalue weighted by Crippen LogP contribution is -2.46. The standard InChI is InChI=1S/C17H26N2O4S/c1-3-12-24(21,22)19-10-8-16(9-11-19)18(2)17-7-5-4-6-15(17)13-23-14-20/h4-7,14,16H,3,8-13H2,1-2H3. The number of hydrogen-bond acceptors (Lipinski definition) is 5. The van der Waals surface area contributed by atoms with Gasteiger partial charge in [-0.25, -0.2) is 12.7 Å². The van der Waals surface area contributed by atoms with Crippen LogP contribution in [0.1, 0.15) is 31.7 Å². The van der Waals surface area contributed by atoms with Crippen molar-refractivity contribution in [1.29, 1.82) is 0 Å². The summed E-state index contributed by atoms with van der Waals surface area (Å²) in [5.74, 6) is 0.222. The smallest absolute Gasteiger partial charge is 0.293 e. The van der Waals surface area contributed by atoms with Crippen LogP contribution in [0, 0.1) is 0 Å². The molecule has 0 amide bonds. The summed E-state index contributed by atoms with van der Waals surface area (Å²) in [5.41, 5.74) is 1.97. The van der Waals surface area contributed by atoms with Gasteiger partial charge >= 0.3 is 0 Å². The molecule has 0 unspecified atom stereocenters. The van der Waals surface area contributed by atoms with Crippen molar-refractivity contribution in [3.63, 3.8) is 0 Å². The summed E-state index contributed by atoms with van der Waals surface area (Å²) in [6.45, 7) is 3.70. The molecule has 0 radical (unpaired) electrons. The number of piperidine rings is 1. The monoisotopic (exact) mass is 354 g/mol. The molecule has 0 saturated carbocycles. The van der Waals surface area contributed by atoms with E-state index in [9.17, 15) is 13.2 Å². The molecule has 1 fully saturated rings. The lowest BCUT2D eigenvalue weighted by Gasteiger charge is -2.38. The van der Waals surface area contributed by atoms with Crippen molar-refractivity contribution in [1.82, 2.24) is 4.31 Å². The van der Waals surface area contributed by atoms with Gasteiger partial charge in [-0.15, -0.1) is 0 Å². The molecule has 0 atom stereocenters. The summed E-state index contributed by atoms with van der Waals surface area (Å²) in [7, 11) is -1.10. The number of carbonyl (C=O) groups is 1. The highest BCUT2D eigenvalue weighted by Crippen LogP contribution is 2.27. The van der Waals surface area contributed by atoms with E-state index in [0.29, 0.717) is 26.0 Å². The minimum absolute atomic E-state index is 0.222. The Kier molecular flexibility index (Phi) is 6.62. The molecule has 6 nitrogen and oxygen atoms in total. The normalized spacial score (nSPS) is 16.8. The molecule has 1 aliphatic heterocycles. The molecule has 24 heavy (non-hydrogen) atoms. The van der Waals surface area contributed by atoms with E-state index in [-0.39, 0.29) is 18.4 Å². The Hall–Kier alpha value is -1.60. The second kappa shape index (κ2) is 8.48. The van der Waals surface area contributed by atoms with Crippen molar-refractivity contribution >= 4 is 22.2 Å². The molecule has 1 aliphatic rings. The molecule has 1 heterocycles. The Bertz CT molecular complexity index is 640. The van der Waals surface area contributed by atoms with Crippen molar-refractivity contribution in [2.24, 2.45) is 0 Å². The van der Waals surface area contributed by atoms with Gasteiger partial charge in [0.1, 0.15) is 6.61 Å². The average Bonchev–Trinajstić information content (AvgIpc) is 2.59. The molecule has 0 aliphatic carbocycles. The van der Waals surface area contributed by atoms with Gasteiger partial charge in [0.2, 0.25) is 10.0 Å². The van der Waals surface area contributed by atoms with Crippen LogP contribution in [-0.2, 0) is 26.2 Å². The highest BCUT2D eigenvalue weighted by atomic mass is 32.2. The molecule has 1 aromatic carbocycles. The molecule has 2 rings (SSSR count). The molecule has 0 spiro atoms. The van der Waals surface area contributed by atoms with Crippen LogP contribution in [-0.4, -0.2) is 51.1 Å². The number of para-hydroxylation sites is 1. The SMILES string of the molecule is CCCS(=O)(=O)N1CCC(N(C)c2ccccc2COC=O)CC1. The van der Waals surface area contributed by atoms with Gasteiger partial charge in [-0.2, -0.15) is 0 Å². The van der Waals surface area contributed by atoms with Crippen LogP contribution in [0.25, 0.3) is 0 Å². The third-order valence-electron chi connectivity index (χ3n) is 4.51. The zero-order chi connectivity index (χ0) is 17.6. The minimum Gasteiger partial charge on any atom is -0.463 e. The molecule has 7 heteroatoms. The maximum absolute atomic E-state index is 12.2. The fourth-order valence-electron chi connectivity index (χ4n) is 3.19. The third kappa shape index (κ3) is 4.48. The maximum atomic E-state index is 12.2. The Morgan fingerprint density at radius 3 is 2.58 bits per heavy atom. The first-order chi connectivity index (χ1) is 11.5. The van der Waals surface area contributed by atoms with Crippen molar-refractivity contribution in [3.05, 3.63) is 29.8 Å². The molecular weight excluding hydrogens is 328 g/mol. The maximum Gasteiger partial charge on any atom is 0.293 e. The Morgan fingerprint density at radius 2 is 1.96 bits per heavy atom. The topological polar surface area (TPSA) is 66.9 Å². The lowest BCUT2D eigenvalue weighted by molar-refractivity contribution is -0.129. The molecule has 134 valence electrons. The number of carbonyl (C=O) groups excluding carboxylic acids is 1. The van der Waals surface area contributed by atoms with Gasteiger partial charge in [0.05, 0.1) is 5.75 Å². The van der Waals surface area contributed by atoms with E-state index in [2.05, 4.69) is 4.90 Å². The Balaban J connectivity index is 2.03. The van der Waals surface area contributed by atoms with E-state index in [4.69, 9.17) is 4.74 Å². The predicted octanol–water partition coefficient (Wildman–Crippen LogP) is 2.00. The average molecular weight is 354 g/mol. The van der Waals surface area contributed by atoms with Crippen LogP contribution in [0.15, 0.2) is 24.3 Å². The quantitative estimate of drug-likeness (QED) is 0.668. The van der Waals surface area contributed by atoms with Crippen LogP contribution in [0.5, 0.6) is 0 Å². The zero-order valence-corrected chi connectivity index (χ0v) is 15.2. The van der Waals surface area contributed by atoms with Gasteiger partial charge in [-0.05, 0) is 25.3 Å². The number of hydrogen-bond donors (Lipinski definition) is 0. The van der Waals surface area contributed by atoms with Crippen LogP contribution in [0.4, 0.5) is 5.69 Å². The molecular formula is C17H26N2O4S. The predicted molar refractivity (Wildman–Crippen MR) is 94.4 cm³/mol. The fraction of sp³-hybridized carbons (Fsp3) is 0.588. The fourth-order valence-corrected chi connectivity index (χ4v) is 4.73. The number of benzene rings is 1. The van der Waals surface area contributed by atoms with Gasteiger partial charge < -0.3 is 9.64 Å². The van der Waals surface area contributed by atoms with Crippen molar-refractivity contribution < 1.29 is 17.9 Å². The number of nitrogens with zero attached hydrogens (tertiary/aromatic N) is 2. The summed E-state index contributed by atoms with van der Waals surface area (Å²) < 4.78 is 30.8. The van der Waals surface area contributed by atoms with E-state index in [0.717, 1.165) is 24.1 Å². The van der Waals surface area contributed by atoms with Gasteiger partial charge in [0.25, 0.3) is 6.47 Å². The Morgan fingerprint density at radius 1 is 1.29 bits per heavy atom. The second-order valence-electron chi connectivity index (χ2n) is 6.09. The second-order valence-corrected chi connectivity index (χ2v) is 8.18. The first-order valence-corrected chi connectivity index (χ1v) is 9.94. The summed E-state index contributed by atoms with van der Waals surface area (Å²) in [6, 6.07) is 8.09. The number of sulfonamides is 1. The highest BCUT2D eigenvalue weighted by molar-refractivity contribution is 7.89. The van der Waals surface area contributed by atoms with Crippen LogP contribution < -0.4 is 4.90 Å². The van der Waals surface area contributed by atoms with Crippen molar-refractivity contribution in [3.8, 4) is 0 Å². The van der Waals surface area contributed by atoms with Gasteiger partial charge in [-0.1, -0.05) is 25.1 Å². The molecule has 1 aromatic rings. The Labute approximate surface area is 144 Å². The summed E-state index contributed by atoms with van der Waals surface area (Å²) in [5, 5.41) is 0. The molecule has 0 N–H and O–H groups in total. The summed E-state index contributed by atoms with van der Waals surface area (Å²) in [4.78, 5) is 12.6. The zero-order valence-electron chi connectivity index (χ0n) is 14.3. The minimum atomic E-state index is -3.11. The van der Waals surface area contributed by atoms with Crippen molar-refractivity contribution in [2.45, 2.75) is 38.8 Å². The molecule has 1 saturated heterocycles. The van der Waals surface area contributed by atoms with E-state index in [1.807, 2.05) is 38.2 Å². The number of rotatable bonds is 8. The first-order valence-electron chi connectivity index (χ1n) is 8.33. The van der Waals surface area contributed by atoms with Crippen LogP contribution in [0.2, 0.25) is 0 Å². The largest absolute Gasteiger partial charge is 0.463 e.